The highest BCUT2D eigenvalue weighted by molar-refractivity contribution is 5.84. The molecule has 1 saturated heterocycles. The highest BCUT2D eigenvalue weighted by atomic mass is 16.5. The zero-order valence-electron chi connectivity index (χ0n) is 11.8. The van der Waals surface area contributed by atoms with E-state index in [1.54, 1.807) is 6.07 Å². The van der Waals surface area contributed by atoms with Crippen LogP contribution in [0.5, 0.6) is 0 Å². The Morgan fingerprint density at radius 1 is 1.23 bits per heavy atom. The van der Waals surface area contributed by atoms with Crippen LogP contribution < -0.4 is 10.5 Å². The molecular formula is C14H15N3O5. The van der Waals surface area contributed by atoms with Gasteiger partial charge in [0.05, 0.1) is 13.2 Å². The van der Waals surface area contributed by atoms with Crippen molar-refractivity contribution in [2.24, 2.45) is 0 Å². The molecule has 0 aromatic carbocycles. The number of carbonyl (C=O) groups is 1. The van der Waals surface area contributed by atoms with Crippen LogP contribution in [0, 0.1) is 0 Å². The van der Waals surface area contributed by atoms with E-state index >= 15 is 0 Å². The average molecular weight is 305 g/mol. The molecule has 2 aromatic rings. The fourth-order valence-electron chi connectivity index (χ4n) is 2.24. The quantitative estimate of drug-likeness (QED) is 0.874. The number of carboxylic acids is 1. The van der Waals surface area contributed by atoms with Gasteiger partial charge in [-0.3, -0.25) is 4.79 Å². The van der Waals surface area contributed by atoms with E-state index in [-0.39, 0.29) is 17.9 Å². The minimum atomic E-state index is -1.14. The van der Waals surface area contributed by atoms with E-state index in [0.29, 0.717) is 24.8 Å². The number of hydrogen-bond donors (Lipinski definition) is 1. The van der Waals surface area contributed by atoms with Crippen molar-refractivity contribution in [3.8, 4) is 0 Å². The number of ether oxygens (including phenoxy) is 1. The number of carboxylic acid groups (broad SMARTS) is 1. The largest absolute Gasteiger partial charge is 0.475 e. The molecule has 0 amide bonds. The van der Waals surface area contributed by atoms with Gasteiger partial charge in [-0.1, -0.05) is 0 Å². The molecule has 8 heteroatoms. The normalized spacial score (nSPS) is 15.0. The molecule has 1 aliphatic heterocycles. The molecule has 3 rings (SSSR count). The zero-order chi connectivity index (χ0) is 15.5. The van der Waals surface area contributed by atoms with Crippen LogP contribution in [0.15, 0.2) is 33.5 Å². The van der Waals surface area contributed by atoms with Crippen LogP contribution >= 0.6 is 0 Å². The lowest BCUT2D eigenvalue weighted by atomic mass is 10.4. The van der Waals surface area contributed by atoms with E-state index in [9.17, 15) is 9.59 Å². The van der Waals surface area contributed by atoms with Crippen LogP contribution in [0.25, 0.3) is 0 Å². The summed E-state index contributed by atoms with van der Waals surface area (Å²) in [6, 6.07) is 6.00. The van der Waals surface area contributed by atoms with Gasteiger partial charge < -0.3 is 19.2 Å². The molecule has 0 unspecified atom stereocenters. The van der Waals surface area contributed by atoms with Gasteiger partial charge in [0, 0.05) is 19.2 Å². The first-order chi connectivity index (χ1) is 10.6. The highest BCUT2D eigenvalue weighted by Gasteiger charge is 2.15. The fourth-order valence-corrected chi connectivity index (χ4v) is 2.24. The van der Waals surface area contributed by atoms with Crippen LogP contribution in [-0.4, -0.2) is 47.2 Å². The Morgan fingerprint density at radius 2 is 2.00 bits per heavy atom. The van der Waals surface area contributed by atoms with E-state index in [4.69, 9.17) is 14.3 Å². The molecule has 0 atom stereocenters. The molecule has 0 aliphatic carbocycles. The molecule has 116 valence electrons. The molecule has 1 aliphatic rings. The third kappa shape index (κ3) is 3.01. The lowest BCUT2D eigenvalue weighted by Gasteiger charge is -2.27. The zero-order valence-corrected chi connectivity index (χ0v) is 11.8. The second kappa shape index (κ2) is 6.02. The number of aromatic carboxylic acids is 1. The lowest BCUT2D eigenvalue weighted by molar-refractivity contribution is 0.0660. The second-order valence-electron chi connectivity index (χ2n) is 4.86. The van der Waals surface area contributed by atoms with Crippen molar-refractivity contribution < 1.29 is 19.1 Å². The van der Waals surface area contributed by atoms with Gasteiger partial charge in [0.15, 0.2) is 0 Å². The molecule has 0 radical (unpaired) electrons. The summed E-state index contributed by atoms with van der Waals surface area (Å²) >= 11 is 0. The number of furan rings is 1. The number of rotatable bonds is 4. The summed E-state index contributed by atoms with van der Waals surface area (Å²) in [4.78, 5) is 24.7. The van der Waals surface area contributed by atoms with E-state index < -0.39 is 5.97 Å². The standard InChI is InChI=1S/C14H15N3O5/c18-13-4-3-12(16-5-7-21-8-6-16)15-17(13)9-10-1-2-11(22-10)14(19)20/h1-4H,5-9H2,(H,19,20). The topological polar surface area (TPSA) is 97.8 Å². The predicted molar refractivity (Wildman–Crippen MR) is 76.3 cm³/mol. The van der Waals surface area contributed by atoms with Crippen molar-refractivity contribution in [1.29, 1.82) is 0 Å². The van der Waals surface area contributed by atoms with Gasteiger partial charge in [-0.25, -0.2) is 9.48 Å². The van der Waals surface area contributed by atoms with Crippen LogP contribution in [0.4, 0.5) is 5.82 Å². The highest BCUT2D eigenvalue weighted by Crippen LogP contribution is 2.12. The van der Waals surface area contributed by atoms with Gasteiger partial charge in [0.25, 0.3) is 5.56 Å². The van der Waals surface area contributed by atoms with E-state index in [2.05, 4.69) is 5.10 Å². The summed E-state index contributed by atoms with van der Waals surface area (Å²) < 4.78 is 11.7. The number of anilines is 1. The van der Waals surface area contributed by atoms with Gasteiger partial charge in [-0.05, 0) is 18.2 Å². The summed E-state index contributed by atoms with van der Waals surface area (Å²) in [7, 11) is 0. The predicted octanol–water partition coefficient (Wildman–Crippen LogP) is 0.419. The van der Waals surface area contributed by atoms with Crippen LogP contribution in [-0.2, 0) is 11.3 Å². The molecule has 1 fully saturated rings. The van der Waals surface area contributed by atoms with Crippen molar-refractivity contribution >= 4 is 11.8 Å². The van der Waals surface area contributed by atoms with Crippen LogP contribution in [0.2, 0.25) is 0 Å². The van der Waals surface area contributed by atoms with Crippen molar-refractivity contribution in [2.45, 2.75) is 6.54 Å². The molecule has 0 saturated carbocycles. The second-order valence-corrected chi connectivity index (χ2v) is 4.86. The van der Waals surface area contributed by atoms with E-state index in [0.717, 1.165) is 13.1 Å². The summed E-state index contributed by atoms with van der Waals surface area (Å²) in [5, 5.41) is 13.1. The maximum Gasteiger partial charge on any atom is 0.371 e. The van der Waals surface area contributed by atoms with Gasteiger partial charge in [0.2, 0.25) is 5.76 Å². The Morgan fingerprint density at radius 3 is 2.68 bits per heavy atom. The average Bonchev–Trinajstić information content (AvgIpc) is 2.99. The Labute approximate surface area is 125 Å². The van der Waals surface area contributed by atoms with Gasteiger partial charge in [-0.2, -0.15) is 5.10 Å². The number of nitrogens with zero attached hydrogens (tertiary/aromatic N) is 3. The molecule has 0 bridgehead atoms. The molecule has 3 heterocycles. The molecule has 1 N–H and O–H groups in total. The molecule has 0 spiro atoms. The Balaban J connectivity index is 1.82. The molecule has 2 aromatic heterocycles. The van der Waals surface area contributed by atoms with Crippen molar-refractivity contribution in [2.75, 3.05) is 31.2 Å². The number of aromatic nitrogens is 2. The molecule has 8 nitrogen and oxygen atoms in total. The summed E-state index contributed by atoms with van der Waals surface area (Å²) in [5.41, 5.74) is -0.273. The van der Waals surface area contributed by atoms with Gasteiger partial charge in [0.1, 0.15) is 18.1 Å². The van der Waals surface area contributed by atoms with Crippen molar-refractivity contribution in [1.82, 2.24) is 9.78 Å². The number of hydrogen-bond acceptors (Lipinski definition) is 6. The smallest absolute Gasteiger partial charge is 0.371 e. The lowest BCUT2D eigenvalue weighted by Crippen LogP contribution is -2.38. The SMILES string of the molecule is O=C(O)c1ccc(Cn2nc(N3CCOCC3)ccc2=O)o1. The molecule has 22 heavy (non-hydrogen) atoms. The monoisotopic (exact) mass is 305 g/mol. The minimum absolute atomic E-state index is 0.0876. The van der Waals surface area contributed by atoms with E-state index in [1.807, 2.05) is 4.90 Å². The fraction of sp³-hybridized carbons (Fsp3) is 0.357. The molecular weight excluding hydrogens is 290 g/mol. The van der Waals surface area contributed by atoms with Crippen LogP contribution in [0.1, 0.15) is 16.3 Å². The maximum atomic E-state index is 11.9. The third-order valence-electron chi connectivity index (χ3n) is 3.37. The van der Waals surface area contributed by atoms with Gasteiger partial charge >= 0.3 is 5.97 Å². The third-order valence-corrected chi connectivity index (χ3v) is 3.37. The first-order valence-electron chi connectivity index (χ1n) is 6.86. The Hall–Kier alpha value is -2.61. The summed E-state index contributed by atoms with van der Waals surface area (Å²) in [5.74, 6) is -0.250. The van der Waals surface area contributed by atoms with Crippen molar-refractivity contribution in [3.05, 3.63) is 46.1 Å². The Kier molecular flexibility index (Phi) is 3.92. The maximum absolute atomic E-state index is 11.9. The van der Waals surface area contributed by atoms with Crippen LogP contribution in [0.3, 0.4) is 0 Å². The number of morpholine rings is 1. The minimum Gasteiger partial charge on any atom is -0.475 e. The van der Waals surface area contributed by atoms with E-state index in [1.165, 1.54) is 22.9 Å². The van der Waals surface area contributed by atoms with Gasteiger partial charge in [-0.15, -0.1) is 0 Å². The Bertz CT molecular complexity index is 730. The first-order valence-corrected chi connectivity index (χ1v) is 6.86. The van der Waals surface area contributed by atoms with Crippen molar-refractivity contribution in [3.63, 3.8) is 0 Å². The summed E-state index contributed by atoms with van der Waals surface area (Å²) in [6.07, 6.45) is 0. The summed E-state index contributed by atoms with van der Waals surface area (Å²) in [6.45, 7) is 2.77. The first kappa shape index (κ1) is 14.3.